The van der Waals surface area contributed by atoms with E-state index in [9.17, 15) is 5.11 Å². The zero-order valence-corrected chi connectivity index (χ0v) is 8.71. The van der Waals surface area contributed by atoms with Crippen LogP contribution in [0.5, 0.6) is 0 Å². The topological polar surface area (TPSA) is 48.9 Å². The van der Waals surface area contributed by atoms with Crippen molar-refractivity contribution in [1.29, 1.82) is 0 Å². The number of nitrogens with zero attached hydrogens (tertiary/aromatic N) is 1. The number of aliphatic hydroxyl groups is 1. The molecule has 1 saturated carbocycles. The zero-order valence-electron chi connectivity index (χ0n) is 8.71. The van der Waals surface area contributed by atoms with E-state index in [0.29, 0.717) is 5.92 Å². The first-order valence-electron chi connectivity index (χ1n) is 5.47. The van der Waals surface area contributed by atoms with Crippen molar-refractivity contribution in [2.24, 2.45) is 0 Å². The first kappa shape index (κ1) is 9.71. The van der Waals surface area contributed by atoms with Gasteiger partial charge >= 0.3 is 0 Å². The second-order valence-electron chi connectivity index (χ2n) is 4.21. The summed E-state index contributed by atoms with van der Waals surface area (Å²) < 4.78 is 0. The Labute approximate surface area is 84.5 Å². The minimum absolute atomic E-state index is 0.119. The molecule has 1 fully saturated rings. The van der Waals surface area contributed by atoms with Gasteiger partial charge in [0.25, 0.3) is 0 Å². The van der Waals surface area contributed by atoms with E-state index in [-0.39, 0.29) is 6.61 Å². The summed E-state index contributed by atoms with van der Waals surface area (Å²) in [7, 11) is 0. The summed E-state index contributed by atoms with van der Waals surface area (Å²) in [5, 5.41) is 16.6. The molecule has 1 aromatic heterocycles. The molecule has 3 heteroatoms. The van der Waals surface area contributed by atoms with Crippen LogP contribution in [0.2, 0.25) is 0 Å². The van der Waals surface area contributed by atoms with Crippen LogP contribution in [0.3, 0.4) is 0 Å². The summed E-state index contributed by atoms with van der Waals surface area (Å²) >= 11 is 0. The van der Waals surface area contributed by atoms with Crippen molar-refractivity contribution >= 4 is 0 Å². The molecule has 0 amide bonds. The van der Waals surface area contributed by atoms with E-state index < -0.39 is 0 Å². The lowest BCUT2D eigenvalue weighted by molar-refractivity contribution is 0.277. The van der Waals surface area contributed by atoms with Crippen molar-refractivity contribution in [3.8, 4) is 0 Å². The molecular weight excluding hydrogens is 176 g/mol. The Kier molecular flexibility index (Phi) is 2.87. The van der Waals surface area contributed by atoms with Gasteiger partial charge in [-0.25, -0.2) is 0 Å². The molecule has 78 valence electrons. The Balaban J connectivity index is 2.21. The maximum absolute atomic E-state index is 9.26. The molecule has 3 nitrogen and oxygen atoms in total. The molecule has 0 atom stereocenters. The Morgan fingerprint density at radius 2 is 2.07 bits per heavy atom. The maximum Gasteiger partial charge on any atom is 0.0718 e. The van der Waals surface area contributed by atoms with Crippen LogP contribution in [0.4, 0.5) is 0 Å². The van der Waals surface area contributed by atoms with E-state index in [0.717, 1.165) is 17.0 Å². The van der Waals surface area contributed by atoms with Gasteiger partial charge in [-0.15, -0.1) is 0 Å². The fraction of sp³-hybridized carbons (Fsp3) is 0.727. The Bertz CT molecular complexity index is 300. The van der Waals surface area contributed by atoms with E-state index in [1.54, 1.807) is 0 Å². The van der Waals surface area contributed by atoms with Gasteiger partial charge < -0.3 is 5.11 Å². The molecule has 0 radical (unpaired) electrons. The molecule has 14 heavy (non-hydrogen) atoms. The zero-order chi connectivity index (χ0) is 9.97. The van der Waals surface area contributed by atoms with Gasteiger partial charge in [0.15, 0.2) is 0 Å². The monoisotopic (exact) mass is 194 g/mol. The third kappa shape index (κ3) is 1.69. The Hall–Kier alpha value is -0.830. The van der Waals surface area contributed by atoms with Crippen LogP contribution in [0.15, 0.2) is 0 Å². The Morgan fingerprint density at radius 1 is 1.36 bits per heavy atom. The average Bonchev–Trinajstić information content (AvgIpc) is 2.61. The quantitative estimate of drug-likeness (QED) is 0.758. The van der Waals surface area contributed by atoms with E-state index >= 15 is 0 Å². The Morgan fingerprint density at radius 3 is 2.71 bits per heavy atom. The van der Waals surface area contributed by atoms with Gasteiger partial charge in [0.2, 0.25) is 0 Å². The van der Waals surface area contributed by atoms with Gasteiger partial charge in [-0.2, -0.15) is 5.10 Å². The number of hydrogen-bond donors (Lipinski definition) is 2. The molecule has 0 bridgehead atoms. The highest BCUT2D eigenvalue weighted by atomic mass is 16.3. The van der Waals surface area contributed by atoms with Crippen molar-refractivity contribution < 1.29 is 5.11 Å². The lowest BCUT2D eigenvalue weighted by Crippen LogP contribution is -2.07. The molecule has 2 rings (SSSR count). The predicted octanol–water partition coefficient (Wildman–Crippen LogP) is 2.26. The standard InChI is InChI=1S/C11H18N2O/c1-8-10(7-14)11(13-12-8)9-5-3-2-4-6-9/h9,14H,2-7H2,1H3,(H,12,13). The number of hydrogen-bond acceptors (Lipinski definition) is 2. The number of nitrogens with one attached hydrogen (secondary N) is 1. The number of rotatable bonds is 2. The molecule has 1 heterocycles. The molecular formula is C11H18N2O. The van der Waals surface area contributed by atoms with Gasteiger partial charge in [0.1, 0.15) is 0 Å². The summed E-state index contributed by atoms with van der Waals surface area (Å²) in [6.07, 6.45) is 6.44. The smallest absolute Gasteiger partial charge is 0.0718 e. The minimum Gasteiger partial charge on any atom is -0.392 e. The van der Waals surface area contributed by atoms with Crippen LogP contribution in [-0.2, 0) is 6.61 Å². The molecule has 0 unspecified atom stereocenters. The van der Waals surface area contributed by atoms with E-state index in [4.69, 9.17) is 0 Å². The van der Waals surface area contributed by atoms with E-state index in [2.05, 4.69) is 10.2 Å². The fourth-order valence-electron chi connectivity index (χ4n) is 2.38. The molecule has 2 N–H and O–H groups in total. The maximum atomic E-state index is 9.26. The highest BCUT2D eigenvalue weighted by Gasteiger charge is 2.21. The fourth-order valence-corrected chi connectivity index (χ4v) is 2.38. The molecule has 1 aromatic rings. The molecule has 0 aromatic carbocycles. The van der Waals surface area contributed by atoms with Crippen LogP contribution in [0.1, 0.15) is 55.0 Å². The molecule has 0 aliphatic heterocycles. The normalized spacial score (nSPS) is 18.7. The predicted molar refractivity (Wildman–Crippen MR) is 55.1 cm³/mol. The van der Waals surface area contributed by atoms with Crippen LogP contribution in [0, 0.1) is 6.92 Å². The first-order chi connectivity index (χ1) is 6.83. The summed E-state index contributed by atoms with van der Waals surface area (Å²) in [5.41, 5.74) is 3.16. The first-order valence-corrected chi connectivity index (χ1v) is 5.47. The van der Waals surface area contributed by atoms with Crippen molar-refractivity contribution in [1.82, 2.24) is 10.2 Å². The lowest BCUT2D eigenvalue weighted by Gasteiger charge is -2.20. The van der Waals surface area contributed by atoms with E-state index in [1.807, 2.05) is 6.92 Å². The number of aliphatic hydroxyl groups excluding tert-OH is 1. The third-order valence-electron chi connectivity index (χ3n) is 3.26. The average molecular weight is 194 g/mol. The molecule has 0 saturated heterocycles. The minimum atomic E-state index is 0.119. The van der Waals surface area contributed by atoms with Crippen molar-refractivity contribution in [3.05, 3.63) is 17.0 Å². The summed E-state index contributed by atoms with van der Waals surface area (Å²) in [4.78, 5) is 0. The highest BCUT2D eigenvalue weighted by molar-refractivity contribution is 5.26. The largest absolute Gasteiger partial charge is 0.392 e. The van der Waals surface area contributed by atoms with Gasteiger partial charge in [-0.05, 0) is 19.8 Å². The van der Waals surface area contributed by atoms with Crippen molar-refractivity contribution in [2.75, 3.05) is 0 Å². The van der Waals surface area contributed by atoms with Gasteiger partial charge in [-0.1, -0.05) is 19.3 Å². The number of H-pyrrole nitrogens is 1. The molecule has 1 aliphatic rings. The van der Waals surface area contributed by atoms with Crippen LogP contribution in [0.25, 0.3) is 0 Å². The highest BCUT2D eigenvalue weighted by Crippen LogP contribution is 2.33. The second-order valence-corrected chi connectivity index (χ2v) is 4.21. The third-order valence-corrected chi connectivity index (χ3v) is 3.26. The van der Waals surface area contributed by atoms with Crippen molar-refractivity contribution in [2.45, 2.75) is 51.6 Å². The summed E-state index contributed by atoms with van der Waals surface area (Å²) in [6, 6.07) is 0. The number of aryl methyl sites for hydroxylation is 1. The molecule has 1 aliphatic carbocycles. The lowest BCUT2D eigenvalue weighted by atomic mass is 9.85. The molecule has 0 spiro atoms. The van der Waals surface area contributed by atoms with Gasteiger partial charge in [0.05, 0.1) is 12.3 Å². The van der Waals surface area contributed by atoms with Crippen LogP contribution < -0.4 is 0 Å². The second kappa shape index (κ2) is 4.13. The number of aromatic nitrogens is 2. The van der Waals surface area contributed by atoms with Crippen LogP contribution >= 0.6 is 0 Å². The summed E-state index contributed by atoms with van der Waals surface area (Å²) in [5.74, 6) is 0.579. The van der Waals surface area contributed by atoms with Gasteiger partial charge in [-0.3, -0.25) is 5.10 Å². The van der Waals surface area contributed by atoms with Crippen molar-refractivity contribution in [3.63, 3.8) is 0 Å². The van der Waals surface area contributed by atoms with Crippen LogP contribution in [-0.4, -0.2) is 15.3 Å². The SMILES string of the molecule is Cc1[nH]nc(C2CCCCC2)c1CO. The van der Waals surface area contributed by atoms with E-state index in [1.165, 1.54) is 32.1 Å². The summed E-state index contributed by atoms with van der Waals surface area (Å²) in [6.45, 7) is 2.10. The van der Waals surface area contributed by atoms with Gasteiger partial charge in [0, 0.05) is 17.2 Å². The number of aromatic amines is 1.